The van der Waals surface area contributed by atoms with E-state index < -0.39 is 0 Å². The van der Waals surface area contributed by atoms with E-state index in [1.807, 2.05) is 13.8 Å². The van der Waals surface area contributed by atoms with Gasteiger partial charge in [-0.05, 0) is 19.9 Å². The smallest absolute Gasteiger partial charge is 0.236 e. The van der Waals surface area contributed by atoms with Gasteiger partial charge in [-0.15, -0.1) is 11.8 Å². The van der Waals surface area contributed by atoms with Crippen LogP contribution in [0.1, 0.15) is 31.2 Å². The summed E-state index contributed by atoms with van der Waals surface area (Å²) in [6.45, 7) is 4.53. The summed E-state index contributed by atoms with van der Waals surface area (Å²) in [5.74, 6) is -0.459. The van der Waals surface area contributed by atoms with Crippen molar-refractivity contribution in [2.75, 3.05) is 13.1 Å². The molecule has 1 N–H and O–H groups in total. The number of thioether (sulfide) groups is 1. The van der Waals surface area contributed by atoms with E-state index in [9.17, 15) is 14.0 Å². The maximum Gasteiger partial charge on any atom is 0.236 e. The van der Waals surface area contributed by atoms with Crippen LogP contribution in [0.15, 0.2) is 24.3 Å². The number of nitrogens with zero attached hydrogens (tertiary/aromatic N) is 1. The van der Waals surface area contributed by atoms with Gasteiger partial charge < -0.3 is 10.2 Å². The Kier molecular flexibility index (Phi) is 5.22. The summed E-state index contributed by atoms with van der Waals surface area (Å²) in [5, 5.41) is 2.13. The molecule has 21 heavy (non-hydrogen) atoms. The minimum Gasteiger partial charge on any atom is -0.356 e. The summed E-state index contributed by atoms with van der Waals surface area (Å²) < 4.78 is 14.0. The number of carbonyl (C=O) groups excluding carboxylic acids is 2. The molecule has 2 atom stereocenters. The predicted molar refractivity (Wildman–Crippen MR) is 81.2 cm³/mol. The van der Waals surface area contributed by atoms with Crippen LogP contribution in [0.5, 0.6) is 0 Å². The van der Waals surface area contributed by atoms with Crippen molar-refractivity contribution in [3.8, 4) is 0 Å². The van der Waals surface area contributed by atoms with Crippen molar-refractivity contribution in [1.29, 1.82) is 0 Å². The second kappa shape index (κ2) is 6.93. The maximum atomic E-state index is 14.0. The lowest BCUT2D eigenvalue weighted by Gasteiger charge is -2.24. The van der Waals surface area contributed by atoms with Gasteiger partial charge in [0.1, 0.15) is 11.2 Å². The van der Waals surface area contributed by atoms with Crippen LogP contribution < -0.4 is 5.32 Å². The molecule has 0 aliphatic carbocycles. The van der Waals surface area contributed by atoms with E-state index in [0.717, 1.165) is 0 Å². The van der Waals surface area contributed by atoms with E-state index >= 15 is 0 Å². The van der Waals surface area contributed by atoms with Gasteiger partial charge in [-0.2, -0.15) is 0 Å². The summed E-state index contributed by atoms with van der Waals surface area (Å²) in [4.78, 5) is 25.4. The van der Waals surface area contributed by atoms with Gasteiger partial charge in [-0.25, -0.2) is 4.39 Å². The molecule has 6 heteroatoms. The first-order valence-corrected chi connectivity index (χ1v) is 7.96. The molecule has 1 fully saturated rings. The zero-order valence-corrected chi connectivity index (χ0v) is 13.0. The van der Waals surface area contributed by atoms with Gasteiger partial charge in [0.15, 0.2) is 0 Å². The number of rotatable bonds is 5. The third-order valence-electron chi connectivity index (χ3n) is 3.37. The normalized spacial score (nSPS) is 21.7. The van der Waals surface area contributed by atoms with E-state index in [1.54, 1.807) is 23.1 Å². The second-order valence-electron chi connectivity index (χ2n) is 4.89. The van der Waals surface area contributed by atoms with Crippen molar-refractivity contribution < 1.29 is 14.0 Å². The van der Waals surface area contributed by atoms with E-state index in [4.69, 9.17) is 0 Å². The topological polar surface area (TPSA) is 49.4 Å². The van der Waals surface area contributed by atoms with Crippen LogP contribution in [-0.2, 0) is 9.59 Å². The molecule has 0 radical (unpaired) electrons. The number of hydrogen-bond donors (Lipinski definition) is 1. The first-order chi connectivity index (χ1) is 10.0. The highest BCUT2D eigenvalue weighted by Gasteiger charge is 2.39. The fraction of sp³-hybridized carbons (Fsp3) is 0.467. The van der Waals surface area contributed by atoms with Gasteiger partial charge in [0.2, 0.25) is 11.8 Å². The Morgan fingerprint density at radius 2 is 2.14 bits per heavy atom. The number of benzene rings is 1. The summed E-state index contributed by atoms with van der Waals surface area (Å²) >= 11 is 1.42. The maximum absolute atomic E-state index is 14.0. The summed E-state index contributed by atoms with van der Waals surface area (Å²) in [6, 6.07) is 6.47. The van der Waals surface area contributed by atoms with Crippen molar-refractivity contribution >= 4 is 23.6 Å². The zero-order chi connectivity index (χ0) is 15.4. The number of hydrogen-bond acceptors (Lipinski definition) is 3. The lowest BCUT2D eigenvalue weighted by atomic mass is 10.2. The number of amides is 2. The third kappa shape index (κ3) is 3.56. The fourth-order valence-corrected chi connectivity index (χ4v) is 3.66. The average Bonchev–Trinajstić information content (AvgIpc) is 2.73. The van der Waals surface area contributed by atoms with Gasteiger partial charge in [0, 0.05) is 25.1 Å². The van der Waals surface area contributed by atoms with Crippen molar-refractivity contribution in [2.45, 2.75) is 30.9 Å². The Hall–Kier alpha value is -1.56. The quantitative estimate of drug-likeness (QED) is 0.908. The number of carbonyl (C=O) groups is 2. The molecular weight excluding hydrogens is 291 g/mol. The molecule has 0 bridgehead atoms. The van der Waals surface area contributed by atoms with Crippen molar-refractivity contribution in [3.05, 3.63) is 35.6 Å². The molecule has 4 nitrogen and oxygen atoms in total. The second-order valence-corrected chi connectivity index (χ2v) is 6.31. The molecule has 0 saturated carbocycles. The van der Waals surface area contributed by atoms with Crippen LogP contribution in [0, 0.1) is 5.82 Å². The Morgan fingerprint density at radius 3 is 2.81 bits per heavy atom. The monoisotopic (exact) mass is 310 g/mol. The molecule has 114 valence electrons. The van der Waals surface area contributed by atoms with Gasteiger partial charge in [0.25, 0.3) is 0 Å². The van der Waals surface area contributed by atoms with Crippen molar-refractivity contribution in [2.24, 2.45) is 0 Å². The fourth-order valence-electron chi connectivity index (χ4n) is 2.33. The first kappa shape index (κ1) is 15.8. The van der Waals surface area contributed by atoms with E-state index in [2.05, 4.69) is 5.32 Å². The van der Waals surface area contributed by atoms with Crippen LogP contribution in [0.2, 0.25) is 0 Å². The largest absolute Gasteiger partial charge is 0.356 e. The van der Waals surface area contributed by atoms with Gasteiger partial charge in [0.05, 0.1) is 5.25 Å². The Labute approximate surface area is 128 Å². The highest BCUT2D eigenvalue weighted by molar-refractivity contribution is 8.01. The molecule has 1 aromatic rings. The summed E-state index contributed by atoms with van der Waals surface area (Å²) in [5.41, 5.74) is 0.496. The minimum absolute atomic E-state index is 0.0439. The molecule has 2 rings (SSSR count). The Balaban J connectivity index is 2.14. The molecule has 0 spiro atoms. The van der Waals surface area contributed by atoms with Crippen LogP contribution in [0.25, 0.3) is 0 Å². The highest BCUT2D eigenvalue weighted by Crippen LogP contribution is 2.43. The van der Waals surface area contributed by atoms with Crippen molar-refractivity contribution in [1.82, 2.24) is 10.2 Å². The van der Waals surface area contributed by atoms with Crippen LogP contribution in [-0.4, -0.2) is 35.1 Å². The summed E-state index contributed by atoms with van der Waals surface area (Å²) in [6.07, 6.45) is 0.234. The average molecular weight is 310 g/mol. The highest BCUT2D eigenvalue weighted by atomic mass is 32.2. The van der Waals surface area contributed by atoms with E-state index in [0.29, 0.717) is 18.7 Å². The Bertz CT molecular complexity index is 538. The predicted octanol–water partition coefficient (Wildman–Crippen LogP) is 2.31. The van der Waals surface area contributed by atoms with Crippen LogP contribution in [0.3, 0.4) is 0 Å². The molecule has 0 unspecified atom stereocenters. The minimum atomic E-state index is -0.358. The van der Waals surface area contributed by atoms with Gasteiger partial charge in [-0.3, -0.25) is 9.59 Å². The lowest BCUT2D eigenvalue weighted by Crippen LogP contribution is -2.34. The Morgan fingerprint density at radius 1 is 1.43 bits per heavy atom. The van der Waals surface area contributed by atoms with Crippen LogP contribution in [0.4, 0.5) is 4.39 Å². The van der Waals surface area contributed by atoms with Gasteiger partial charge in [-0.1, -0.05) is 18.2 Å². The standard InChI is InChI=1S/C15H19FN2O2S/c1-3-17-13(19)8-9-18-14(20)10(2)21-15(18)11-6-4-5-7-12(11)16/h4-7,10,15H,3,8-9H2,1-2H3,(H,17,19)/t10-,15-/m1/s1. The molecule has 1 heterocycles. The molecule has 2 amide bonds. The third-order valence-corrected chi connectivity index (χ3v) is 4.75. The van der Waals surface area contributed by atoms with E-state index in [1.165, 1.54) is 17.8 Å². The SMILES string of the molecule is CCNC(=O)CCN1C(=O)[C@@H](C)S[C@@H]1c1ccccc1F. The van der Waals surface area contributed by atoms with Crippen molar-refractivity contribution in [3.63, 3.8) is 0 Å². The summed E-state index contributed by atoms with van der Waals surface area (Å²) in [7, 11) is 0. The molecular formula is C15H19FN2O2S. The molecule has 1 aliphatic heterocycles. The number of nitrogens with one attached hydrogen (secondary N) is 1. The van der Waals surface area contributed by atoms with Crippen LogP contribution >= 0.6 is 11.8 Å². The molecule has 1 aromatic carbocycles. The molecule has 0 aromatic heterocycles. The van der Waals surface area contributed by atoms with Gasteiger partial charge >= 0.3 is 0 Å². The number of halogens is 1. The van der Waals surface area contributed by atoms with E-state index in [-0.39, 0.29) is 34.7 Å². The molecule has 1 aliphatic rings. The lowest BCUT2D eigenvalue weighted by molar-refractivity contribution is -0.130. The zero-order valence-electron chi connectivity index (χ0n) is 12.1. The molecule has 1 saturated heterocycles. The first-order valence-electron chi connectivity index (χ1n) is 7.01.